The second-order valence-corrected chi connectivity index (χ2v) is 3.89. The lowest BCUT2D eigenvalue weighted by Crippen LogP contribution is -2.04. The Labute approximate surface area is 97.1 Å². The molecule has 0 aliphatic heterocycles. The molecule has 2 aromatic rings. The molecule has 2 aromatic heterocycles. The molecule has 0 aliphatic rings. The molecule has 0 amide bonds. The number of nitrogens with zero attached hydrogens (tertiary/aromatic N) is 2. The Balaban J connectivity index is 2.12. The van der Waals surface area contributed by atoms with Gasteiger partial charge in [-0.1, -0.05) is 11.8 Å². The van der Waals surface area contributed by atoms with Crippen molar-refractivity contribution in [1.82, 2.24) is 9.97 Å². The van der Waals surface area contributed by atoms with Gasteiger partial charge in [0.05, 0.1) is 18.4 Å². The summed E-state index contributed by atoms with van der Waals surface area (Å²) in [5.41, 5.74) is 0.709. The summed E-state index contributed by atoms with van der Waals surface area (Å²) in [5.74, 6) is 0.292. The van der Waals surface area contributed by atoms with Crippen LogP contribution in [-0.2, 0) is 6.42 Å². The van der Waals surface area contributed by atoms with Crippen molar-refractivity contribution in [2.24, 2.45) is 0 Å². The van der Waals surface area contributed by atoms with Gasteiger partial charge in [-0.3, -0.25) is 4.79 Å². The fraction of sp³-hybridized carbons (Fsp3) is 0.182. The molecule has 0 spiro atoms. The minimum atomic E-state index is -0.0734. The molecule has 0 atom stereocenters. The fourth-order valence-electron chi connectivity index (χ4n) is 1.26. The molecule has 2 rings (SSSR count). The molecule has 82 valence electrons. The third kappa shape index (κ3) is 2.49. The zero-order chi connectivity index (χ0) is 11.4. The Hall–Kier alpha value is -1.62. The first-order valence-electron chi connectivity index (χ1n) is 4.72. The largest absolute Gasteiger partial charge is 0.461 e. The first-order valence-corrected chi connectivity index (χ1v) is 5.94. The van der Waals surface area contributed by atoms with Crippen LogP contribution in [0.15, 0.2) is 40.2 Å². The highest BCUT2D eigenvalue weighted by Gasteiger charge is 2.10. The Morgan fingerprint density at radius 1 is 1.50 bits per heavy atom. The lowest BCUT2D eigenvalue weighted by molar-refractivity contribution is 0.0965. The van der Waals surface area contributed by atoms with Crippen molar-refractivity contribution in [3.05, 3.63) is 42.1 Å². The molecule has 0 fully saturated rings. The fourth-order valence-corrected chi connectivity index (χ4v) is 1.64. The minimum absolute atomic E-state index is 0.0734. The van der Waals surface area contributed by atoms with Crippen LogP contribution < -0.4 is 0 Å². The highest BCUT2D eigenvalue weighted by Crippen LogP contribution is 2.10. The van der Waals surface area contributed by atoms with E-state index in [1.807, 2.05) is 6.26 Å². The lowest BCUT2D eigenvalue weighted by Gasteiger charge is -1.99. The van der Waals surface area contributed by atoms with Gasteiger partial charge in [0.1, 0.15) is 0 Å². The normalized spacial score (nSPS) is 10.3. The number of Topliss-reactive ketones (excluding diaryl/α,β-unsaturated/α-hetero) is 1. The number of hydrogen-bond acceptors (Lipinski definition) is 5. The molecule has 4 nitrogen and oxygen atoms in total. The quantitative estimate of drug-likeness (QED) is 0.461. The van der Waals surface area contributed by atoms with Crippen LogP contribution in [0.25, 0.3) is 0 Å². The SMILES string of the molecule is CSc1nccc(CC(=O)c2ccco2)n1. The molecule has 0 aromatic carbocycles. The topological polar surface area (TPSA) is 56.0 Å². The van der Waals surface area contributed by atoms with Crippen molar-refractivity contribution >= 4 is 17.5 Å². The van der Waals surface area contributed by atoms with Gasteiger partial charge in [-0.15, -0.1) is 0 Å². The Morgan fingerprint density at radius 3 is 3.06 bits per heavy atom. The number of furan rings is 1. The Bertz CT molecular complexity index is 482. The summed E-state index contributed by atoms with van der Waals surface area (Å²) in [6.45, 7) is 0. The van der Waals surface area contributed by atoms with Crippen LogP contribution in [0.2, 0.25) is 0 Å². The van der Waals surface area contributed by atoms with Crippen molar-refractivity contribution < 1.29 is 9.21 Å². The maximum Gasteiger partial charge on any atom is 0.203 e. The average Bonchev–Trinajstić information content (AvgIpc) is 2.83. The number of carbonyl (C=O) groups excluding carboxylic acids is 1. The van der Waals surface area contributed by atoms with Crippen molar-refractivity contribution in [2.75, 3.05) is 6.26 Å². The van der Waals surface area contributed by atoms with Gasteiger partial charge in [-0.25, -0.2) is 9.97 Å². The van der Waals surface area contributed by atoms with Crippen molar-refractivity contribution in [3.8, 4) is 0 Å². The number of thioether (sulfide) groups is 1. The van der Waals surface area contributed by atoms with Crippen molar-refractivity contribution in [3.63, 3.8) is 0 Å². The molecule has 0 saturated carbocycles. The van der Waals surface area contributed by atoms with E-state index in [1.54, 1.807) is 24.4 Å². The van der Waals surface area contributed by atoms with E-state index in [1.165, 1.54) is 18.0 Å². The number of aromatic nitrogens is 2. The molecule has 5 heteroatoms. The molecule has 0 radical (unpaired) electrons. The van der Waals surface area contributed by atoms with Crippen LogP contribution in [0, 0.1) is 0 Å². The first kappa shape index (κ1) is 10.9. The van der Waals surface area contributed by atoms with Crippen molar-refractivity contribution in [1.29, 1.82) is 0 Å². The molecule has 16 heavy (non-hydrogen) atoms. The maximum absolute atomic E-state index is 11.7. The molecule has 2 heterocycles. The number of carbonyl (C=O) groups is 1. The summed E-state index contributed by atoms with van der Waals surface area (Å²) in [7, 11) is 0. The zero-order valence-corrected chi connectivity index (χ0v) is 9.53. The molecule has 0 N–H and O–H groups in total. The van der Waals surface area contributed by atoms with E-state index in [-0.39, 0.29) is 12.2 Å². The second kappa shape index (κ2) is 4.94. The highest BCUT2D eigenvalue weighted by molar-refractivity contribution is 7.98. The third-order valence-electron chi connectivity index (χ3n) is 2.01. The number of hydrogen-bond donors (Lipinski definition) is 0. The van der Waals surface area contributed by atoms with E-state index in [0.29, 0.717) is 16.6 Å². The summed E-state index contributed by atoms with van der Waals surface area (Å²) in [6.07, 6.45) is 5.28. The second-order valence-electron chi connectivity index (χ2n) is 3.11. The van der Waals surface area contributed by atoms with E-state index in [4.69, 9.17) is 4.42 Å². The monoisotopic (exact) mass is 234 g/mol. The van der Waals surface area contributed by atoms with Gasteiger partial charge < -0.3 is 4.42 Å². The van der Waals surface area contributed by atoms with Gasteiger partial charge >= 0.3 is 0 Å². The van der Waals surface area contributed by atoms with Gasteiger partial charge in [-0.05, 0) is 24.5 Å². The summed E-state index contributed by atoms with van der Waals surface area (Å²) < 4.78 is 5.03. The van der Waals surface area contributed by atoms with Gasteiger partial charge in [0.25, 0.3) is 0 Å². The van der Waals surface area contributed by atoms with E-state index in [2.05, 4.69) is 9.97 Å². The number of rotatable bonds is 4. The van der Waals surface area contributed by atoms with Crippen LogP contribution in [0.4, 0.5) is 0 Å². The summed E-state index contributed by atoms with van der Waals surface area (Å²) in [6, 6.07) is 5.08. The third-order valence-corrected chi connectivity index (χ3v) is 2.57. The Kier molecular flexibility index (Phi) is 3.36. The first-order chi connectivity index (χ1) is 7.79. The smallest absolute Gasteiger partial charge is 0.203 e. The standard InChI is InChI=1S/C11H10N2O2S/c1-16-11-12-5-4-8(13-11)7-9(14)10-3-2-6-15-10/h2-6H,7H2,1H3. The molecule has 0 aliphatic carbocycles. The van der Waals surface area contributed by atoms with E-state index in [0.717, 1.165) is 0 Å². The van der Waals surface area contributed by atoms with Crippen LogP contribution in [-0.4, -0.2) is 22.0 Å². The lowest BCUT2D eigenvalue weighted by atomic mass is 10.2. The van der Waals surface area contributed by atoms with Gasteiger partial charge in [0, 0.05) is 6.20 Å². The minimum Gasteiger partial charge on any atom is -0.461 e. The maximum atomic E-state index is 11.7. The van der Waals surface area contributed by atoms with Crippen molar-refractivity contribution in [2.45, 2.75) is 11.6 Å². The van der Waals surface area contributed by atoms with Gasteiger partial charge in [-0.2, -0.15) is 0 Å². The van der Waals surface area contributed by atoms with E-state index >= 15 is 0 Å². The molecule has 0 bridgehead atoms. The molecule has 0 unspecified atom stereocenters. The summed E-state index contributed by atoms with van der Waals surface area (Å²) in [4.78, 5) is 20.0. The highest BCUT2D eigenvalue weighted by atomic mass is 32.2. The summed E-state index contributed by atoms with van der Waals surface area (Å²) >= 11 is 1.45. The predicted molar refractivity (Wildman–Crippen MR) is 60.6 cm³/mol. The molecule has 0 saturated heterocycles. The predicted octanol–water partition coefficient (Wildman–Crippen LogP) is 2.22. The Morgan fingerprint density at radius 2 is 2.38 bits per heavy atom. The van der Waals surface area contributed by atoms with Gasteiger partial charge in [0.2, 0.25) is 5.78 Å². The average molecular weight is 234 g/mol. The van der Waals surface area contributed by atoms with E-state index in [9.17, 15) is 4.79 Å². The van der Waals surface area contributed by atoms with Crippen LogP contribution in [0.1, 0.15) is 16.2 Å². The molecular formula is C11H10N2O2S. The van der Waals surface area contributed by atoms with Crippen LogP contribution in [0.3, 0.4) is 0 Å². The zero-order valence-electron chi connectivity index (χ0n) is 8.71. The molecular weight excluding hydrogens is 224 g/mol. The van der Waals surface area contributed by atoms with Crippen LogP contribution in [0.5, 0.6) is 0 Å². The number of ketones is 1. The van der Waals surface area contributed by atoms with Crippen LogP contribution >= 0.6 is 11.8 Å². The van der Waals surface area contributed by atoms with Gasteiger partial charge in [0.15, 0.2) is 10.9 Å². The summed E-state index contributed by atoms with van der Waals surface area (Å²) in [5, 5.41) is 0.671. The van der Waals surface area contributed by atoms with E-state index < -0.39 is 0 Å².